The fourth-order valence-electron chi connectivity index (χ4n) is 5.51. The second-order valence-electron chi connectivity index (χ2n) is 8.06. The van der Waals surface area contributed by atoms with E-state index in [2.05, 4.69) is 5.32 Å². The molecular weight excluding hydrogens is 390 g/mol. The fourth-order valence-corrected chi connectivity index (χ4v) is 5.51. The van der Waals surface area contributed by atoms with Crippen LogP contribution in [0.15, 0.2) is 23.5 Å². The first-order valence-corrected chi connectivity index (χ1v) is 10.1. The van der Waals surface area contributed by atoms with Crippen molar-refractivity contribution in [3.63, 3.8) is 0 Å². The van der Waals surface area contributed by atoms with E-state index in [1.54, 1.807) is 6.07 Å². The van der Waals surface area contributed by atoms with E-state index in [9.17, 15) is 14.7 Å². The van der Waals surface area contributed by atoms with E-state index in [-0.39, 0.29) is 11.8 Å². The highest BCUT2D eigenvalue weighted by molar-refractivity contribution is 5.69. The number of methoxy groups -OCH3 is 2. The lowest BCUT2D eigenvalue weighted by molar-refractivity contribution is -0.168. The minimum Gasteiger partial charge on any atom is -0.504 e. The number of esters is 2. The molecule has 30 heavy (non-hydrogen) atoms. The molecule has 0 radical (unpaired) electrons. The summed E-state index contributed by atoms with van der Waals surface area (Å²) < 4.78 is 22.4. The summed E-state index contributed by atoms with van der Waals surface area (Å²) in [5, 5.41) is 14.6. The topological polar surface area (TPSA) is 103 Å². The third-order valence-electron chi connectivity index (χ3n) is 6.40. The van der Waals surface area contributed by atoms with Gasteiger partial charge in [0.15, 0.2) is 17.6 Å². The number of nitrogens with one attached hydrogen (secondary N) is 1. The molecule has 1 heterocycles. The molecule has 0 amide bonds. The second-order valence-corrected chi connectivity index (χ2v) is 8.06. The number of rotatable bonds is 4. The van der Waals surface area contributed by atoms with E-state index in [4.69, 9.17) is 18.9 Å². The first kappa shape index (κ1) is 20.5. The Hall–Kier alpha value is -2.74. The Morgan fingerprint density at radius 1 is 1.13 bits per heavy atom. The molecule has 0 aromatic heterocycles. The van der Waals surface area contributed by atoms with Crippen LogP contribution in [-0.4, -0.2) is 56.1 Å². The molecular formula is C22H27NO7. The van der Waals surface area contributed by atoms with Crippen molar-refractivity contribution < 1.29 is 33.6 Å². The van der Waals surface area contributed by atoms with E-state index >= 15 is 0 Å². The van der Waals surface area contributed by atoms with Crippen LogP contribution < -0.4 is 10.1 Å². The molecule has 8 heteroatoms. The van der Waals surface area contributed by atoms with Gasteiger partial charge in [-0.3, -0.25) is 9.59 Å². The van der Waals surface area contributed by atoms with E-state index < -0.39 is 29.6 Å². The van der Waals surface area contributed by atoms with Gasteiger partial charge in [0.2, 0.25) is 0 Å². The van der Waals surface area contributed by atoms with Crippen LogP contribution in [0.4, 0.5) is 0 Å². The third-order valence-corrected chi connectivity index (χ3v) is 6.40. The summed E-state index contributed by atoms with van der Waals surface area (Å²) in [6.07, 6.45) is 0.126. The van der Waals surface area contributed by atoms with E-state index in [1.807, 2.05) is 6.07 Å². The molecule has 1 aromatic carbocycles. The van der Waals surface area contributed by atoms with Crippen LogP contribution in [0.5, 0.6) is 11.5 Å². The number of carbonyl (C=O) groups excluding carboxylic acids is 2. The van der Waals surface area contributed by atoms with Crippen LogP contribution in [0.1, 0.15) is 37.8 Å². The number of benzene rings is 1. The molecule has 4 atom stereocenters. The normalized spacial score (nSPS) is 29.4. The molecule has 2 aliphatic carbocycles. The van der Waals surface area contributed by atoms with Gasteiger partial charge in [0, 0.05) is 37.3 Å². The Morgan fingerprint density at radius 2 is 1.87 bits per heavy atom. The van der Waals surface area contributed by atoms with Gasteiger partial charge in [0.1, 0.15) is 11.9 Å². The molecule has 4 rings (SSSR count). The minimum atomic E-state index is -0.837. The quantitative estimate of drug-likeness (QED) is 0.714. The maximum atomic E-state index is 11.9. The maximum absolute atomic E-state index is 11.9. The zero-order valence-corrected chi connectivity index (χ0v) is 17.6. The van der Waals surface area contributed by atoms with Crippen LogP contribution in [-0.2, 0) is 35.6 Å². The summed E-state index contributed by atoms with van der Waals surface area (Å²) in [7, 11) is 3.04. The number of fused-ring (bicyclic) bond motifs is 1. The van der Waals surface area contributed by atoms with Crippen molar-refractivity contribution in [3.05, 3.63) is 34.6 Å². The van der Waals surface area contributed by atoms with Gasteiger partial charge in [-0.15, -0.1) is 0 Å². The highest BCUT2D eigenvalue weighted by Gasteiger charge is 2.58. The van der Waals surface area contributed by atoms with Crippen molar-refractivity contribution in [1.29, 1.82) is 0 Å². The first-order valence-electron chi connectivity index (χ1n) is 10.1. The summed E-state index contributed by atoms with van der Waals surface area (Å²) in [5.74, 6) is 0.0130. The van der Waals surface area contributed by atoms with Crippen molar-refractivity contribution in [2.75, 3.05) is 20.8 Å². The predicted molar refractivity (Wildman–Crippen MR) is 106 cm³/mol. The van der Waals surface area contributed by atoms with Crippen LogP contribution in [0.3, 0.4) is 0 Å². The molecule has 162 valence electrons. The summed E-state index contributed by atoms with van der Waals surface area (Å²) in [4.78, 5) is 23.7. The molecule has 2 bridgehead atoms. The number of ether oxygens (including phenoxy) is 4. The molecule has 0 spiro atoms. The number of carbonyl (C=O) groups is 2. The number of hydrogen-bond acceptors (Lipinski definition) is 8. The summed E-state index contributed by atoms with van der Waals surface area (Å²) in [5.41, 5.74) is 2.12. The van der Waals surface area contributed by atoms with Crippen molar-refractivity contribution >= 4 is 11.9 Å². The molecule has 1 aliphatic heterocycles. The lowest BCUT2D eigenvalue weighted by Gasteiger charge is -2.54. The maximum Gasteiger partial charge on any atom is 0.303 e. The van der Waals surface area contributed by atoms with Crippen molar-refractivity contribution in [3.8, 4) is 11.5 Å². The Kier molecular flexibility index (Phi) is 5.13. The predicted octanol–water partition coefficient (Wildman–Crippen LogP) is 1.72. The summed E-state index contributed by atoms with van der Waals surface area (Å²) >= 11 is 0. The zero-order chi connectivity index (χ0) is 21.6. The van der Waals surface area contributed by atoms with Gasteiger partial charge in [0.25, 0.3) is 0 Å². The molecule has 1 fully saturated rings. The Bertz CT molecular complexity index is 924. The van der Waals surface area contributed by atoms with E-state index in [0.29, 0.717) is 30.8 Å². The first-order chi connectivity index (χ1) is 14.3. The molecule has 2 unspecified atom stereocenters. The highest BCUT2D eigenvalue weighted by Crippen LogP contribution is 2.58. The average molecular weight is 417 g/mol. The van der Waals surface area contributed by atoms with Crippen LogP contribution >= 0.6 is 0 Å². The largest absolute Gasteiger partial charge is 0.504 e. The van der Waals surface area contributed by atoms with Crippen molar-refractivity contribution in [1.82, 2.24) is 5.32 Å². The smallest absolute Gasteiger partial charge is 0.303 e. The fraction of sp³-hybridized carbons (Fsp3) is 0.545. The standard InChI is InChI=1S/C22H27NO7/c1-11(24)29-16-10-22-7-8-23-14(18(22)21(28-4)20(16)30-12(2)25)9-13-5-6-15(27-3)19(26)17(13)22/h5-6,14,16,20,23,26H,7-10H2,1-4H3/t14-,16?,20?,22-/m1/s1. The van der Waals surface area contributed by atoms with Gasteiger partial charge in [-0.25, -0.2) is 0 Å². The average Bonchev–Trinajstić information content (AvgIpc) is 2.67. The molecule has 0 saturated carbocycles. The third kappa shape index (κ3) is 3.01. The zero-order valence-electron chi connectivity index (χ0n) is 17.6. The Balaban J connectivity index is 1.98. The lowest BCUT2D eigenvalue weighted by atomic mass is 9.55. The SMILES string of the molecule is COC1=C2[C@H]3Cc4ccc(OC)c(O)c4[C@@]2(CCN3)CC(OC(C)=O)C1OC(C)=O. The molecule has 8 nitrogen and oxygen atoms in total. The van der Waals surface area contributed by atoms with E-state index in [1.165, 1.54) is 28.1 Å². The number of phenols is 1. The lowest BCUT2D eigenvalue weighted by Crippen LogP contribution is -2.60. The van der Waals surface area contributed by atoms with Gasteiger partial charge in [-0.1, -0.05) is 6.07 Å². The van der Waals surface area contributed by atoms with Crippen LogP contribution in [0, 0.1) is 0 Å². The second kappa shape index (κ2) is 7.50. The monoisotopic (exact) mass is 417 g/mol. The van der Waals surface area contributed by atoms with Crippen molar-refractivity contribution in [2.24, 2.45) is 0 Å². The number of phenolic OH excluding ortho intramolecular Hbond substituents is 1. The van der Waals surface area contributed by atoms with Crippen molar-refractivity contribution in [2.45, 2.75) is 56.8 Å². The number of aromatic hydroxyl groups is 1. The highest BCUT2D eigenvalue weighted by atomic mass is 16.6. The Morgan fingerprint density at radius 3 is 2.50 bits per heavy atom. The van der Waals surface area contributed by atoms with Gasteiger partial charge in [-0.2, -0.15) is 0 Å². The minimum absolute atomic E-state index is 0.0367. The molecule has 1 aromatic rings. The molecule has 2 N–H and O–H groups in total. The van der Waals surface area contributed by atoms with Gasteiger partial charge in [-0.05, 0) is 36.6 Å². The Labute approximate surface area is 175 Å². The van der Waals surface area contributed by atoms with Crippen LogP contribution in [0.2, 0.25) is 0 Å². The number of hydrogen-bond donors (Lipinski definition) is 2. The molecule has 1 saturated heterocycles. The van der Waals surface area contributed by atoms with Crippen LogP contribution in [0.25, 0.3) is 0 Å². The van der Waals surface area contributed by atoms with Gasteiger partial charge in [0.05, 0.1) is 14.2 Å². The number of piperidine rings is 1. The summed E-state index contributed by atoms with van der Waals surface area (Å²) in [6, 6.07) is 3.70. The van der Waals surface area contributed by atoms with Gasteiger partial charge >= 0.3 is 11.9 Å². The van der Waals surface area contributed by atoms with E-state index in [0.717, 1.165) is 23.2 Å². The van der Waals surface area contributed by atoms with Gasteiger partial charge < -0.3 is 29.4 Å². The summed E-state index contributed by atoms with van der Waals surface area (Å²) in [6.45, 7) is 3.38. The molecule has 3 aliphatic rings.